The van der Waals surface area contributed by atoms with E-state index in [1.807, 2.05) is 35.2 Å². The number of methoxy groups -OCH3 is 1. The molecule has 250 valence electrons. The van der Waals surface area contributed by atoms with E-state index in [0.29, 0.717) is 81.2 Å². The topological polar surface area (TPSA) is 112 Å². The summed E-state index contributed by atoms with van der Waals surface area (Å²) in [5.41, 5.74) is 5.48. The van der Waals surface area contributed by atoms with Crippen molar-refractivity contribution < 1.29 is 18.7 Å². The number of hydrogen-bond donors (Lipinski definition) is 1. The van der Waals surface area contributed by atoms with Crippen molar-refractivity contribution in [2.24, 2.45) is 0 Å². The largest absolute Gasteiger partial charge is 0.493 e. The van der Waals surface area contributed by atoms with Gasteiger partial charge >= 0.3 is 0 Å². The first-order chi connectivity index (χ1) is 23.4. The SMILES string of the molecule is COc1cccnc1N1CCN(C(=O)c2cc3c(C4=C(C)CCCC4)cc(C4=CCCN(C(=O)CCn5ccnn5)C4)c(F)c3[nH]2)CC1. The number of ether oxygens (including phenoxy) is 1. The number of piperazine rings is 1. The van der Waals surface area contributed by atoms with Crippen molar-refractivity contribution >= 4 is 39.7 Å². The minimum Gasteiger partial charge on any atom is -0.493 e. The molecule has 1 aromatic carbocycles. The van der Waals surface area contributed by atoms with Crippen molar-refractivity contribution in [3.8, 4) is 5.75 Å². The van der Waals surface area contributed by atoms with Gasteiger partial charge in [-0.25, -0.2) is 9.37 Å². The Balaban J connectivity index is 1.17. The summed E-state index contributed by atoms with van der Waals surface area (Å²) in [4.78, 5) is 40.5. The first-order valence-corrected chi connectivity index (χ1v) is 16.8. The molecule has 0 radical (unpaired) electrons. The van der Waals surface area contributed by atoms with Crippen molar-refractivity contribution in [2.75, 3.05) is 51.3 Å². The third-order valence-corrected chi connectivity index (χ3v) is 9.87. The number of amides is 2. The molecule has 1 aliphatic carbocycles. The zero-order chi connectivity index (χ0) is 33.2. The van der Waals surface area contributed by atoms with Crippen LogP contribution in [0.3, 0.4) is 0 Å². The van der Waals surface area contributed by atoms with Gasteiger partial charge in [0.15, 0.2) is 17.4 Å². The maximum absolute atomic E-state index is 16.6. The van der Waals surface area contributed by atoms with Gasteiger partial charge in [0.05, 0.1) is 25.4 Å². The molecule has 0 unspecified atom stereocenters. The Morgan fingerprint density at radius 3 is 2.62 bits per heavy atom. The fraction of sp³-hybridized carbons (Fsp3) is 0.417. The summed E-state index contributed by atoms with van der Waals surface area (Å²) >= 11 is 0. The number of carbonyl (C=O) groups is 2. The van der Waals surface area contributed by atoms with E-state index in [2.05, 4.69) is 32.1 Å². The number of anilines is 1. The number of allylic oxidation sites excluding steroid dienone is 2. The molecule has 1 saturated heterocycles. The van der Waals surface area contributed by atoms with Crippen molar-refractivity contribution in [1.82, 2.24) is 34.8 Å². The summed E-state index contributed by atoms with van der Waals surface area (Å²) in [6, 6.07) is 7.51. The standard InChI is InChI=1S/C36H41FN8O3/c1-24-7-3-4-9-26(24)28-21-27(25-8-6-14-44(23-25)32(46)11-15-45-16-13-39-41-45)33(37)34-29(28)22-30(40-34)36(47)43-19-17-42(18-20-43)35-31(48-2)10-5-12-38-35/h5,8,10,12-13,16,21-22,40H,3-4,6-7,9,11,14-15,17-20,23H2,1-2H3. The van der Waals surface area contributed by atoms with E-state index in [4.69, 9.17) is 4.74 Å². The summed E-state index contributed by atoms with van der Waals surface area (Å²) in [5.74, 6) is 0.920. The lowest BCUT2D eigenvalue weighted by Crippen LogP contribution is -2.49. The molecule has 12 heteroatoms. The Morgan fingerprint density at radius 1 is 1.02 bits per heavy atom. The zero-order valence-corrected chi connectivity index (χ0v) is 27.5. The fourth-order valence-electron chi connectivity index (χ4n) is 7.22. The number of nitrogens with zero attached hydrogens (tertiary/aromatic N) is 7. The first-order valence-electron chi connectivity index (χ1n) is 16.8. The quantitative estimate of drug-likeness (QED) is 0.274. The van der Waals surface area contributed by atoms with Crippen molar-refractivity contribution in [3.05, 3.63) is 77.1 Å². The Kier molecular flexibility index (Phi) is 8.96. The Bertz CT molecular complexity index is 1890. The maximum atomic E-state index is 16.6. The van der Waals surface area contributed by atoms with Gasteiger partial charge in [0.2, 0.25) is 5.91 Å². The highest BCUT2D eigenvalue weighted by atomic mass is 19.1. The number of aromatic nitrogens is 5. The number of nitrogens with one attached hydrogen (secondary N) is 1. The molecule has 2 aliphatic heterocycles. The van der Waals surface area contributed by atoms with Gasteiger partial charge in [-0.2, -0.15) is 0 Å². The van der Waals surface area contributed by atoms with Gasteiger partial charge < -0.3 is 24.4 Å². The lowest BCUT2D eigenvalue weighted by atomic mass is 9.85. The van der Waals surface area contributed by atoms with Crippen molar-refractivity contribution in [1.29, 1.82) is 0 Å². The smallest absolute Gasteiger partial charge is 0.270 e. The summed E-state index contributed by atoms with van der Waals surface area (Å²) in [5, 5.41) is 8.49. The molecule has 4 aromatic rings. The molecule has 0 atom stereocenters. The van der Waals surface area contributed by atoms with Crippen LogP contribution in [0, 0.1) is 5.82 Å². The number of hydrogen-bond acceptors (Lipinski definition) is 7. The van der Waals surface area contributed by atoms with E-state index in [1.165, 1.54) is 11.1 Å². The number of fused-ring (bicyclic) bond motifs is 1. The molecule has 3 aromatic heterocycles. The van der Waals surface area contributed by atoms with Crippen LogP contribution in [0.15, 0.2) is 54.5 Å². The van der Waals surface area contributed by atoms with Crippen LogP contribution in [-0.4, -0.2) is 93.0 Å². The molecule has 2 amide bonds. The fourth-order valence-corrected chi connectivity index (χ4v) is 7.22. The van der Waals surface area contributed by atoms with E-state index in [-0.39, 0.29) is 11.8 Å². The molecular formula is C36H41FN8O3. The highest BCUT2D eigenvalue weighted by Crippen LogP contribution is 2.40. The highest BCUT2D eigenvalue weighted by Gasteiger charge is 2.29. The van der Waals surface area contributed by atoms with Gasteiger partial charge in [0.25, 0.3) is 5.91 Å². The van der Waals surface area contributed by atoms with Crippen LogP contribution in [0.4, 0.5) is 10.2 Å². The number of aryl methyl sites for hydroxylation is 1. The van der Waals surface area contributed by atoms with Crippen LogP contribution in [0.2, 0.25) is 0 Å². The molecule has 0 bridgehead atoms. The minimum absolute atomic E-state index is 0.00186. The van der Waals surface area contributed by atoms with Crippen molar-refractivity contribution in [3.63, 3.8) is 0 Å². The van der Waals surface area contributed by atoms with Gasteiger partial charge in [0, 0.05) is 69.0 Å². The molecule has 1 N–H and O–H groups in total. The van der Waals surface area contributed by atoms with Crippen LogP contribution in [0.1, 0.15) is 67.1 Å². The number of H-pyrrole nitrogens is 1. The van der Waals surface area contributed by atoms with Crippen molar-refractivity contribution in [2.45, 2.75) is 52.0 Å². The second kappa shape index (κ2) is 13.6. The number of benzene rings is 1. The molecule has 11 nitrogen and oxygen atoms in total. The molecule has 7 rings (SSSR count). The highest BCUT2D eigenvalue weighted by molar-refractivity contribution is 6.03. The molecule has 3 aliphatic rings. The van der Waals surface area contributed by atoms with E-state index in [9.17, 15) is 9.59 Å². The van der Waals surface area contributed by atoms with E-state index in [0.717, 1.165) is 48.0 Å². The third kappa shape index (κ3) is 6.18. The van der Waals surface area contributed by atoms with Crippen LogP contribution in [-0.2, 0) is 11.3 Å². The summed E-state index contributed by atoms with van der Waals surface area (Å²) in [6.45, 7) is 5.75. The normalized spacial score (nSPS) is 17.2. The van der Waals surface area contributed by atoms with Gasteiger partial charge in [-0.3, -0.25) is 14.3 Å². The van der Waals surface area contributed by atoms with Crippen LogP contribution >= 0.6 is 0 Å². The lowest BCUT2D eigenvalue weighted by Gasteiger charge is -2.35. The predicted octanol–water partition coefficient (Wildman–Crippen LogP) is 5.32. The Hall–Kier alpha value is -5.00. The Labute approximate surface area is 279 Å². The Morgan fingerprint density at radius 2 is 1.85 bits per heavy atom. The number of halogens is 1. The predicted molar refractivity (Wildman–Crippen MR) is 182 cm³/mol. The second-order valence-electron chi connectivity index (χ2n) is 12.8. The van der Waals surface area contributed by atoms with E-state index >= 15 is 4.39 Å². The summed E-state index contributed by atoms with van der Waals surface area (Å²) < 4.78 is 23.8. The number of pyridine rings is 1. The molecule has 48 heavy (non-hydrogen) atoms. The monoisotopic (exact) mass is 652 g/mol. The zero-order valence-electron chi connectivity index (χ0n) is 27.5. The summed E-state index contributed by atoms with van der Waals surface area (Å²) in [6.07, 6.45) is 12.2. The second-order valence-corrected chi connectivity index (χ2v) is 12.8. The third-order valence-electron chi connectivity index (χ3n) is 9.87. The maximum Gasteiger partial charge on any atom is 0.270 e. The lowest BCUT2D eigenvalue weighted by molar-refractivity contribution is -0.131. The number of carbonyl (C=O) groups excluding carboxylic acids is 2. The number of aromatic amines is 1. The van der Waals surface area contributed by atoms with Crippen LogP contribution in [0.25, 0.3) is 22.0 Å². The number of rotatable bonds is 8. The first kappa shape index (κ1) is 31.6. The van der Waals surface area contributed by atoms with Gasteiger partial charge in [0.1, 0.15) is 5.69 Å². The van der Waals surface area contributed by atoms with Gasteiger partial charge in [-0.1, -0.05) is 16.9 Å². The molecule has 0 spiro atoms. The van der Waals surface area contributed by atoms with Gasteiger partial charge in [-0.15, -0.1) is 5.10 Å². The summed E-state index contributed by atoms with van der Waals surface area (Å²) in [7, 11) is 1.63. The molecule has 5 heterocycles. The van der Waals surface area contributed by atoms with Gasteiger partial charge in [-0.05, 0) is 80.0 Å². The average Bonchev–Trinajstić information content (AvgIpc) is 3.82. The van der Waals surface area contributed by atoms with E-state index in [1.54, 1.807) is 35.3 Å². The molecular weight excluding hydrogens is 611 g/mol. The minimum atomic E-state index is -0.392. The van der Waals surface area contributed by atoms with E-state index < -0.39 is 5.82 Å². The molecule has 1 fully saturated rings. The van der Waals surface area contributed by atoms with Crippen LogP contribution in [0.5, 0.6) is 5.75 Å². The van der Waals surface area contributed by atoms with Crippen LogP contribution < -0.4 is 9.64 Å². The molecule has 0 saturated carbocycles. The average molecular weight is 653 g/mol.